The van der Waals surface area contributed by atoms with E-state index in [0.29, 0.717) is 25.9 Å². The van der Waals surface area contributed by atoms with Gasteiger partial charge in [0.25, 0.3) is 0 Å². The Balaban J connectivity index is 1.65. The highest BCUT2D eigenvalue weighted by Crippen LogP contribution is 2.34. The molecule has 6 nitrogen and oxygen atoms in total. The third-order valence-corrected chi connectivity index (χ3v) is 4.57. The van der Waals surface area contributed by atoms with E-state index in [1.807, 2.05) is 0 Å². The standard InChI is InChI=1S/C16H18F3N5O/c17-16(18,19)12-4-1-5-21-14(12)23-10-7-13(22-9-10)15(25)24-6-2-3-11(24)8-20/h1,4-5,10-11,13,22H,2-3,6-7,9H2,(H,21,23)/t10-,11-,13-/m0/s1. The van der Waals surface area contributed by atoms with Gasteiger partial charge in [0.2, 0.25) is 5.91 Å². The highest BCUT2D eigenvalue weighted by molar-refractivity contribution is 5.83. The van der Waals surface area contributed by atoms with Gasteiger partial charge in [-0.25, -0.2) is 4.98 Å². The van der Waals surface area contributed by atoms with E-state index < -0.39 is 23.8 Å². The number of amides is 1. The summed E-state index contributed by atoms with van der Waals surface area (Å²) in [5.74, 6) is -0.392. The van der Waals surface area contributed by atoms with Crippen LogP contribution in [0.3, 0.4) is 0 Å². The molecule has 3 heterocycles. The molecule has 0 aromatic carbocycles. The second kappa shape index (κ2) is 6.88. The summed E-state index contributed by atoms with van der Waals surface area (Å²) < 4.78 is 39.1. The zero-order chi connectivity index (χ0) is 18.0. The van der Waals surface area contributed by atoms with Crippen LogP contribution in [0.5, 0.6) is 0 Å². The molecule has 2 saturated heterocycles. The van der Waals surface area contributed by atoms with Crippen molar-refractivity contribution in [1.82, 2.24) is 15.2 Å². The van der Waals surface area contributed by atoms with Crippen molar-refractivity contribution in [2.45, 2.75) is 43.6 Å². The Bertz CT molecular complexity index is 687. The van der Waals surface area contributed by atoms with E-state index in [1.165, 1.54) is 12.3 Å². The summed E-state index contributed by atoms with van der Waals surface area (Å²) in [6.45, 7) is 0.904. The van der Waals surface area contributed by atoms with Crippen LogP contribution >= 0.6 is 0 Å². The third kappa shape index (κ3) is 3.69. The maximum Gasteiger partial charge on any atom is 0.419 e. The zero-order valence-electron chi connectivity index (χ0n) is 13.4. The van der Waals surface area contributed by atoms with Gasteiger partial charge in [0.05, 0.1) is 17.7 Å². The Morgan fingerprint density at radius 3 is 3.00 bits per heavy atom. The van der Waals surface area contributed by atoms with Gasteiger partial charge >= 0.3 is 6.18 Å². The molecule has 2 aliphatic rings. The molecule has 0 spiro atoms. The van der Waals surface area contributed by atoms with Crippen LogP contribution in [0.1, 0.15) is 24.8 Å². The number of nitrogens with one attached hydrogen (secondary N) is 2. The molecule has 3 rings (SSSR count). The molecule has 1 aromatic heterocycles. The second-order valence-corrected chi connectivity index (χ2v) is 6.25. The molecule has 0 bridgehead atoms. The first kappa shape index (κ1) is 17.5. The van der Waals surface area contributed by atoms with Gasteiger partial charge in [-0.05, 0) is 31.4 Å². The first-order valence-electron chi connectivity index (χ1n) is 8.12. The van der Waals surface area contributed by atoms with E-state index in [2.05, 4.69) is 21.7 Å². The molecule has 9 heteroatoms. The summed E-state index contributed by atoms with van der Waals surface area (Å²) >= 11 is 0. The first-order chi connectivity index (χ1) is 11.9. The quantitative estimate of drug-likeness (QED) is 0.865. The van der Waals surface area contributed by atoms with Gasteiger partial charge in [-0.2, -0.15) is 18.4 Å². The highest BCUT2D eigenvalue weighted by Gasteiger charge is 2.39. The summed E-state index contributed by atoms with van der Waals surface area (Å²) in [4.78, 5) is 17.9. The van der Waals surface area contributed by atoms with Crippen molar-refractivity contribution in [3.63, 3.8) is 0 Å². The average molecular weight is 353 g/mol. The maximum absolute atomic E-state index is 13.0. The molecular formula is C16H18F3N5O. The van der Waals surface area contributed by atoms with Crippen LogP contribution in [-0.2, 0) is 11.0 Å². The fourth-order valence-electron chi connectivity index (χ4n) is 3.34. The topological polar surface area (TPSA) is 81.1 Å². The van der Waals surface area contributed by atoms with Crippen LogP contribution in [-0.4, -0.2) is 47.0 Å². The van der Waals surface area contributed by atoms with Crippen molar-refractivity contribution in [3.8, 4) is 6.07 Å². The fourth-order valence-corrected chi connectivity index (χ4v) is 3.34. The number of alkyl halides is 3. The van der Waals surface area contributed by atoms with E-state index in [4.69, 9.17) is 5.26 Å². The summed E-state index contributed by atoms with van der Waals surface area (Å²) in [5.41, 5.74) is -0.825. The van der Waals surface area contributed by atoms with Crippen molar-refractivity contribution in [3.05, 3.63) is 23.9 Å². The maximum atomic E-state index is 13.0. The number of nitriles is 1. The molecule has 1 amide bonds. The second-order valence-electron chi connectivity index (χ2n) is 6.25. The number of hydrogen-bond acceptors (Lipinski definition) is 5. The number of carbonyl (C=O) groups is 1. The molecule has 0 radical (unpaired) electrons. The number of rotatable bonds is 3. The van der Waals surface area contributed by atoms with Crippen LogP contribution in [0.4, 0.5) is 19.0 Å². The molecule has 25 heavy (non-hydrogen) atoms. The Labute approximate surface area is 143 Å². The number of pyridine rings is 1. The molecular weight excluding hydrogens is 335 g/mol. The number of carbonyl (C=O) groups excluding carboxylic acids is 1. The summed E-state index contributed by atoms with van der Waals surface area (Å²) in [7, 11) is 0. The van der Waals surface area contributed by atoms with E-state index in [-0.39, 0.29) is 17.8 Å². The van der Waals surface area contributed by atoms with Crippen LogP contribution < -0.4 is 10.6 Å². The average Bonchev–Trinajstić information content (AvgIpc) is 3.22. The Morgan fingerprint density at radius 1 is 1.48 bits per heavy atom. The lowest BCUT2D eigenvalue weighted by Crippen LogP contribution is -2.45. The molecule has 2 fully saturated rings. The molecule has 2 aliphatic heterocycles. The molecule has 0 saturated carbocycles. The van der Waals surface area contributed by atoms with Crippen molar-refractivity contribution >= 4 is 11.7 Å². The lowest BCUT2D eigenvalue weighted by molar-refractivity contribution is -0.137. The molecule has 3 atom stereocenters. The third-order valence-electron chi connectivity index (χ3n) is 4.57. The van der Waals surface area contributed by atoms with Gasteiger partial charge in [0.15, 0.2) is 0 Å². The van der Waals surface area contributed by atoms with Crippen LogP contribution in [0, 0.1) is 11.3 Å². The molecule has 1 aromatic rings. The normalized spacial score (nSPS) is 26.5. The number of aromatic nitrogens is 1. The van der Waals surface area contributed by atoms with Gasteiger partial charge in [-0.15, -0.1) is 0 Å². The number of likely N-dealkylation sites (tertiary alicyclic amines) is 1. The lowest BCUT2D eigenvalue weighted by Gasteiger charge is -2.23. The minimum Gasteiger partial charge on any atom is -0.365 e. The van der Waals surface area contributed by atoms with E-state index in [1.54, 1.807) is 4.90 Å². The SMILES string of the molecule is N#C[C@@H]1CCCN1C(=O)[C@@H]1C[C@H](Nc2ncccc2C(F)(F)F)CN1. The number of hydrogen-bond donors (Lipinski definition) is 2. The van der Waals surface area contributed by atoms with Gasteiger partial charge in [-0.3, -0.25) is 4.79 Å². The Hall–Kier alpha value is -2.34. The number of halogens is 3. The first-order valence-corrected chi connectivity index (χ1v) is 8.12. The predicted octanol–water partition coefficient (Wildman–Crippen LogP) is 1.76. The summed E-state index contributed by atoms with van der Waals surface area (Å²) in [5, 5.41) is 14.9. The van der Waals surface area contributed by atoms with Crippen LogP contribution in [0.15, 0.2) is 18.3 Å². The van der Waals surface area contributed by atoms with Crippen LogP contribution in [0.25, 0.3) is 0 Å². The van der Waals surface area contributed by atoms with Crippen molar-refractivity contribution in [2.24, 2.45) is 0 Å². The van der Waals surface area contributed by atoms with Gasteiger partial charge in [-0.1, -0.05) is 0 Å². The van der Waals surface area contributed by atoms with Crippen molar-refractivity contribution in [2.75, 3.05) is 18.4 Å². The Morgan fingerprint density at radius 2 is 2.28 bits per heavy atom. The van der Waals surface area contributed by atoms with E-state index in [9.17, 15) is 18.0 Å². The lowest BCUT2D eigenvalue weighted by atomic mass is 10.1. The van der Waals surface area contributed by atoms with Crippen LogP contribution in [0.2, 0.25) is 0 Å². The smallest absolute Gasteiger partial charge is 0.365 e. The monoisotopic (exact) mass is 353 g/mol. The van der Waals surface area contributed by atoms with E-state index in [0.717, 1.165) is 12.5 Å². The van der Waals surface area contributed by atoms with Crippen molar-refractivity contribution < 1.29 is 18.0 Å². The highest BCUT2D eigenvalue weighted by atomic mass is 19.4. The number of nitrogens with zero attached hydrogens (tertiary/aromatic N) is 3. The minimum absolute atomic E-state index is 0.162. The summed E-state index contributed by atoms with van der Waals surface area (Å²) in [6.07, 6.45) is -1.39. The van der Waals surface area contributed by atoms with E-state index >= 15 is 0 Å². The van der Waals surface area contributed by atoms with Gasteiger partial charge < -0.3 is 15.5 Å². The predicted molar refractivity (Wildman–Crippen MR) is 83.4 cm³/mol. The molecule has 0 unspecified atom stereocenters. The molecule has 2 N–H and O–H groups in total. The minimum atomic E-state index is -4.49. The fraction of sp³-hybridized carbons (Fsp3) is 0.562. The van der Waals surface area contributed by atoms with Gasteiger partial charge in [0.1, 0.15) is 11.9 Å². The molecule has 134 valence electrons. The van der Waals surface area contributed by atoms with Gasteiger partial charge in [0, 0.05) is 25.3 Å². The Kier molecular flexibility index (Phi) is 4.81. The largest absolute Gasteiger partial charge is 0.419 e. The summed E-state index contributed by atoms with van der Waals surface area (Å²) in [6, 6.07) is 3.09. The molecule has 0 aliphatic carbocycles. The zero-order valence-corrected chi connectivity index (χ0v) is 13.4. The number of anilines is 1. The van der Waals surface area contributed by atoms with Crippen molar-refractivity contribution in [1.29, 1.82) is 5.26 Å².